The average Bonchev–Trinajstić information content (AvgIpc) is 2.49. The standard InChI is InChI=1S/C13H16BNO.C3H8N2/c14-11-1-2-12-10(9-11)3-8-16-13(12)4-6-15-7-5-13;1-5-3-2-4/h1-2,9,15H,3-8H2;2-3,5H,4H2,1H3/b;3-2-. The molecule has 3 rings (SSSR count). The molecule has 4 nitrogen and oxygen atoms in total. The molecular weight excluding hydrogens is 261 g/mol. The van der Waals surface area contributed by atoms with Gasteiger partial charge in [-0.15, -0.1) is 0 Å². The Morgan fingerprint density at radius 1 is 1.38 bits per heavy atom. The second-order valence-corrected chi connectivity index (χ2v) is 5.41. The third-order valence-electron chi connectivity index (χ3n) is 4.04. The monoisotopic (exact) mass is 285 g/mol. The molecule has 112 valence electrons. The van der Waals surface area contributed by atoms with Crippen molar-refractivity contribution in [1.29, 1.82) is 0 Å². The Kier molecular flexibility index (Phi) is 5.71. The van der Waals surface area contributed by atoms with Crippen LogP contribution in [0, 0.1) is 0 Å². The van der Waals surface area contributed by atoms with Crippen LogP contribution in [0.4, 0.5) is 0 Å². The average molecular weight is 285 g/mol. The summed E-state index contributed by atoms with van der Waals surface area (Å²) < 4.78 is 6.09. The van der Waals surface area contributed by atoms with Crippen LogP contribution in [0.25, 0.3) is 0 Å². The fraction of sp³-hybridized carbons (Fsp3) is 0.500. The molecule has 1 fully saturated rings. The third kappa shape index (κ3) is 3.80. The van der Waals surface area contributed by atoms with Gasteiger partial charge in [0.2, 0.25) is 0 Å². The number of ether oxygens (including phenoxy) is 1. The van der Waals surface area contributed by atoms with E-state index in [1.165, 1.54) is 17.3 Å². The maximum absolute atomic E-state index is 6.09. The molecule has 4 N–H and O–H groups in total. The molecule has 1 aromatic carbocycles. The van der Waals surface area contributed by atoms with Crippen LogP contribution >= 0.6 is 0 Å². The zero-order chi connectivity index (χ0) is 15.1. The van der Waals surface area contributed by atoms with E-state index in [2.05, 4.69) is 22.8 Å². The van der Waals surface area contributed by atoms with Crippen LogP contribution in [-0.4, -0.2) is 34.6 Å². The van der Waals surface area contributed by atoms with Crippen LogP contribution in [0.2, 0.25) is 0 Å². The predicted octanol–water partition coefficient (Wildman–Crippen LogP) is 0.268. The first-order valence-electron chi connectivity index (χ1n) is 7.49. The van der Waals surface area contributed by atoms with Crippen molar-refractivity contribution in [2.24, 2.45) is 5.73 Å². The fourth-order valence-electron chi connectivity index (χ4n) is 3.04. The fourth-order valence-corrected chi connectivity index (χ4v) is 3.04. The number of hydrogen-bond donors (Lipinski definition) is 3. The van der Waals surface area contributed by atoms with Gasteiger partial charge in [-0.25, -0.2) is 0 Å². The van der Waals surface area contributed by atoms with Gasteiger partial charge in [0.15, 0.2) is 0 Å². The molecule has 1 saturated heterocycles. The molecule has 0 aromatic heterocycles. The zero-order valence-electron chi connectivity index (χ0n) is 12.7. The van der Waals surface area contributed by atoms with Gasteiger partial charge < -0.3 is 21.1 Å². The third-order valence-corrected chi connectivity index (χ3v) is 4.04. The highest BCUT2D eigenvalue weighted by atomic mass is 16.5. The van der Waals surface area contributed by atoms with E-state index < -0.39 is 0 Å². The van der Waals surface area contributed by atoms with Gasteiger partial charge in [-0.05, 0) is 43.5 Å². The lowest BCUT2D eigenvalue weighted by Crippen LogP contribution is -2.45. The van der Waals surface area contributed by atoms with E-state index in [9.17, 15) is 0 Å². The number of hydrogen-bond acceptors (Lipinski definition) is 4. The van der Waals surface area contributed by atoms with Gasteiger partial charge in [-0.3, -0.25) is 0 Å². The van der Waals surface area contributed by atoms with Crippen molar-refractivity contribution in [3.8, 4) is 0 Å². The van der Waals surface area contributed by atoms with Crippen LogP contribution in [0.5, 0.6) is 0 Å². The molecule has 0 bridgehead atoms. The van der Waals surface area contributed by atoms with Crippen molar-refractivity contribution in [3.63, 3.8) is 0 Å². The smallest absolute Gasteiger partial charge is 0.113 e. The minimum Gasteiger partial charge on any atom is -0.403 e. The van der Waals surface area contributed by atoms with Crippen LogP contribution in [-0.2, 0) is 16.8 Å². The predicted molar refractivity (Wildman–Crippen MR) is 87.7 cm³/mol. The second kappa shape index (κ2) is 7.52. The molecule has 1 spiro atoms. The summed E-state index contributed by atoms with van der Waals surface area (Å²) in [6, 6.07) is 6.27. The molecule has 5 heteroatoms. The number of nitrogens with two attached hydrogens (primary N) is 1. The summed E-state index contributed by atoms with van der Waals surface area (Å²) in [4.78, 5) is 0. The minimum atomic E-state index is -0.0352. The number of rotatable bonds is 1. The number of fused-ring (bicyclic) bond motifs is 2. The Hall–Kier alpha value is -1.46. The molecule has 0 unspecified atom stereocenters. The zero-order valence-corrected chi connectivity index (χ0v) is 12.7. The highest BCUT2D eigenvalue weighted by Crippen LogP contribution is 2.39. The van der Waals surface area contributed by atoms with Crippen molar-refractivity contribution in [1.82, 2.24) is 10.6 Å². The van der Waals surface area contributed by atoms with E-state index in [4.69, 9.17) is 18.3 Å². The number of benzene rings is 1. The molecule has 21 heavy (non-hydrogen) atoms. The van der Waals surface area contributed by atoms with Crippen molar-refractivity contribution >= 4 is 13.3 Å². The molecule has 0 saturated carbocycles. The lowest BCUT2D eigenvalue weighted by Gasteiger charge is -2.42. The van der Waals surface area contributed by atoms with E-state index in [-0.39, 0.29) is 5.60 Å². The number of piperidine rings is 1. The molecule has 2 aliphatic heterocycles. The van der Waals surface area contributed by atoms with Crippen molar-refractivity contribution < 1.29 is 4.74 Å². The van der Waals surface area contributed by atoms with Crippen molar-refractivity contribution in [2.45, 2.75) is 24.9 Å². The molecule has 0 atom stereocenters. The Balaban J connectivity index is 0.000000282. The SMILES string of the molecule is CN/C=C\N.[B]c1ccc2c(c1)CCOC21CCNCC1. The maximum atomic E-state index is 6.09. The van der Waals surface area contributed by atoms with Gasteiger partial charge in [0.25, 0.3) is 0 Å². The summed E-state index contributed by atoms with van der Waals surface area (Å²) in [5.41, 5.74) is 8.48. The van der Waals surface area contributed by atoms with Crippen molar-refractivity contribution in [2.75, 3.05) is 26.7 Å². The molecule has 0 aliphatic carbocycles. The lowest BCUT2D eigenvalue weighted by molar-refractivity contribution is -0.0801. The molecule has 2 radical (unpaired) electrons. The van der Waals surface area contributed by atoms with Crippen LogP contribution < -0.4 is 21.8 Å². The van der Waals surface area contributed by atoms with Crippen molar-refractivity contribution in [3.05, 3.63) is 41.7 Å². The first-order chi connectivity index (χ1) is 10.2. The van der Waals surface area contributed by atoms with E-state index >= 15 is 0 Å². The van der Waals surface area contributed by atoms with E-state index in [0.717, 1.165) is 44.4 Å². The highest BCUT2D eigenvalue weighted by molar-refractivity contribution is 6.32. The first kappa shape index (κ1) is 15.9. The summed E-state index contributed by atoms with van der Waals surface area (Å²) in [5, 5.41) is 6.11. The van der Waals surface area contributed by atoms with Gasteiger partial charge in [-0.1, -0.05) is 23.7 Å². The topological polar surface area (TPSA) is 59.3 Å². The molecular formula is C16H24BN3O. The van der Waals surface area contributed by atoms with Crippen LogP contribution in [0.1, 0.15) is 24.0 Å². The second-order valence-electron chi connectivity index (χ2n) is 5.41. The van der Waals surface area contributed by atoms with E-state index in [0.29, 0.717) is 0 Å². The largest absolute Gasteiger partial charge is 0.403 e. The summed E-state index contributed by atoms with van der Waals surface area (Å²) in [5.74, 6) is 0. The Morgan fingerprint density at radius 3 is 2.76 bits per heavy atom. The highest BCUT2D eigenvalue weighted by Gasteiger charge is 2.38. The molecule has 2 aliphatic rings. The first-order valence-corrected chi connectivity index (χ1v) is 7.49. The molecule has 2 heterocycles. The normalized spacial score (nSPS) is 19.7. The quantitative estimate of drug-likeness (QED) is 0.648. The number of nitrogens with one attached hydrogen (secondary N) is 2. The Labute approximate surface area is 128 Å². The van der Waals surface area contributed by atoms with E-state index in [1.54, 1.807) is 13.2 Å². The summed E-state index contributed by atoms with van der Waals surface area (Å²) in [6.45, 7) is 2.92. The maximum Gasteiger partial charge on any atom is 0.113 e. The summed E-state index contributed by atoms with van der Waals surface area (Å²) >= 11 is 0. The minimum absolute atomic E-state index is 0.0352. The summed E-state index contributed by atoms with van der Waals surface area (Å²) in [6.07, 6.45) is 6.24. The van der Waals surface area contributed by atoms with Gasteiger partial charge in [0, 0.05) is 19.4 Å². The van der Waals surface area contributed by atoms with E-state index in [1.807, 2.05) is 6.07 Å². The van der Waals surface area contributed by atoms with Gasteiger partial charge in [0.1, 0.15) is 7.85 Å². The van der Waals surface area contributed by atoms with Gasteiger partial charge >= 0.3 is 0 Å². The Morgan fingerprint density at radius 2 is 2.14 bits per heavy atom. The molecule has 1 aromatic rings. The van der Waals surface area contributed by atoms with Gasteiger partial charge in [-0.2, -0.15) is 0 Å². The lowest BCUT2D eigenvalue weighted by atomic mass is 9.78. The van der Waals surface area contributed by atoms with Gasteiger partial charge in [0.05, 0.1) is 12.2 Å². The Bertz CT molecular complexity index is 484. The van der Waals surface area contributed by atoms with Crippen LogP contribution in [0.15, 0.2) is 30.6 Å². The van der Waals surface area contributed by atoms with Crippen LogP contribution in [0.3, 0.4) is 0 Å². The molecule has 0 amide bonds. The summed E-state index contributed by atoms with van der Waals surface area (Å²) in [7, 11) is 7.64.